The molecular formula is C23H26N6O3. The molecule has 0 unspecified atom stereocenters. The van der Waals surface area contributed by atoms with Crippen molar-refractivity contribution in [3.63, 3.8) is 0 Å². The number of amides is 1. The summed E-state index contributed by atoms with van der Waals surface area (Å²) in [5.74, 6) is 1.87. The number of benzene rings is 2. The van der Waals surface area contributed by atoms with Crippen LogP contribution in [0.2, 0.25) is 0 Å². The van der Waals surface area contributed by atoms with Gasteiger partial charge in [-0.2, -0.15) is 4.98 Å². The maximum atomic E-state index is 12.6. The van der Waals surface area contributed by atoms with Gasteiger partial charge in [0.2, 0.25) is 5.95 Å². The lowest BCUT2D eigenvalue weighted by Crippen LogP contribution is -2.47. The summed E-state index contributed by atoms with van der Waals surface area (Å²) < 4.78 is 10.6. The first-order valence-electron chi connectivity index (χ1n) is 10.3. The number of piperazine rings is 1. The standard InChI is InChI=1S/C23H26N6O3/c1-31-17-9-7-16(8-10-17)26-22(30)18-15-25-23(27-21(18)24)29-13-11-28(12-14-29)19-5-3-4-6-20(19)32-2/h3-10,15H,11-14H2,1-2H3,(H,26,30)(H2,24,25,27). The van der Waals surface area contributed by atoms with Crippen LogP contribution in [0.4, 0.5) is 23.1 Å². The van der Waals surface area contributed by atoms with E-state index in [1.807, 2.05) is 18.2 Å². The molecule has 9 heteroatoms. The van der Waals surface area contributed by atoms with Crippen molar-refractivity contribution in [2.75, 3.05) is 61.2 Å². The number of rotatable bonds is 6. The largest absolute Gasteiger partial charge is 0.497 e. The Kier molecular flexibility index (Phi) is 6.25. The Morgan fingerprint density at radius 1 is 0.969 bits per heavy atom. The predicted octanol–water partition coefficient (Wildman–Crippen LogP) is 2.65. The molecule has 32 heavy (non-hydrogen) atoms. The highest BCUT2D eigenvalue weighted by Gasteiger charge is 2.22. The van der Waals surface area contributed by atoms with E-state index in [9.17, 15) is 4.79 Å². The molecule has 0 atom stereocenters. The summed E-state index contributed by atoms with van der Waals surface area (Å²) in [6, 6.07) is 15.0. The van der Waals surface area contributed by atoms with E-state index in [1.165, 1.54) is 6.20 Å². The van der Waals surface area contributed by atoms with E-state index in [2.05, 4.69) is 31.2 Å². The van der Waals surface area contributed by atoms with Crippen LogP contribution in [0.15, 0.2) is 54.7 Å². The van der Waals surface area contributed by atoms with Gasteiger partial charge in [0.25, 0.3) is 5.91 Å². The molecule has 9 nitrogen and oxygen atoms in total. The van der Waals surface area contributed by atoms with Crippen molar-refractivity contribution in [2.45, 2.75) is 0 Å². The SMILES string of the molecule is COc1ccc(NC(=O)c2cnc(N3CCN(c4ccccc4OC)CC3)nc2N)cc1. The van der Waals surface area contributed by atoms with Gasteiger partial charge in [-0.15, -0.1) is 0 Å². The molecule has 0 bridgehead atoms. The van der Waals surface area contributed by atoms with Crippen molar-refractivity contribution in [3.8, 4) is 11.5 Å². The Labute approximate surface area is 186 Å². The lowest BCUT2D eigenvalue weighted by Gasteiger charge is -2.36. The normalized spacial score (nSPS) is 13.6. The summed E-state index contributed by atoms with van der Waals surface area (Å²) in [6.45, 7) is 3.05. The van der Waals surface area contributed by atoms with Gasteiger partial charge in [0.15, 0.2) is 0 Å². The van der Waals surface area contributed by atoms with Crippen LogP contribution in [-0.2, 0) is 0 Å². The average molecular weight is 435 g/mol. The number of methoxy groups -OCH3 is 2. The highest BCUT2D eigenvalue weighted by atomic mass is 16.5. The molecule has 1 aromatic heterocycles. The molecule has 3 aromatic rings. The van der Waals surface area contributed by atoms with Gasteiger partial charge in [-0.1, -0.05) is 12.1 Å². The van der Waals surface area contributed by atoms with Crippen molar-refractivity contribution in [1.29, 1.82) is 0 Å². The Morgan fingerprint density at radius 2 is 1.66 bits per heavy atom. The van der Waals surface area contributed by atoms with Crippen LogP contribution in [0.1, 0.15) is 10.4 Å². The molecule has 2 heterocycles. The van der Waals surface area contributed by atoms with Gasteiger partial charge >= 0.3 is 0 Å². The number of nitrogens with one attached hydrogen (secondary N) is 1. The quantitative estimate of drug-likeness (QED) is 0.610. The number of carbonyl (C=O) groups excluding carboxylic acids is 1. The fourth-order valence-corrected chi connectivity index (χ4v) is 3.62. The minimum absolute atomic E-state index is 0.146. The fourth-order valence-electron chi connectivity index (χ4n) is 3.62. The average Bonchev–Trinajstić information content (AvgIpc) is 2.84. The number of nitrogen functional groups attached to an aromatic ring is 1. The predicted molar refractivity (Wildman–Crippen MR) is 125 cm³/mol. The number of nitrogens with zero attached hydrogens (tertiary/aromatic N) is 4. The van der Waals surface area contributed by atoms with Crippen LogP contribution in [0.25, 0.3) is 0 Å². The smallest absolute Gasteiger partial charge is 0.260 e. The molecule has 1 saturated heterocycles. The van der Waals surface area contributed by atoms with E-state index in [0.717, 1.165) is 37.6 Å². The summed E-state index contributed by atoms with van der Waals surface area (Å²) in [5, 5.41) is 2.80. The monoisotopic (exact) mass is 434 g/mol. The van der Waals surface area contributed by atoms with Crippen LogP contribution >= 0.6 is 0 Å². The van der Waals surface area contributed by atoms with Gasteiger partial charge in [0.1, 0.15) is 22.9 Å². The molecular weight excluding hydrogens is 408 g/mol. The van der Waals surface area contributed by atoms with Crippen LogP contribution in [0, 0.1) is 0 Å². The third kappa shape index (κ3) is 4.51. The van der Waals surface area contributed by atoms with Crippen LogP contribution < -0.4 is 30.3 Å². The highest BCUT2D eigenvalue weighted by Crippen LogP contribution is 2.29. The number of nitrogens with two attached hydrogens (primary N) is 1. The third-order valence-corrected chi connectivity index (χ3v) is 5.39. The number of carbonyl (C=O) groups is 1. The molecule has 3 N–H and O–H groups in total. The van der Waals surface area contributed by atoms with E-state index < -0.39 is 0 Å². The second kappa shape index (κ2) is 9.42. The lowest BCUT2D eigenvalue weighted by molar-refractivity contribution is 0.102. The maximum absolute atomic E-state index is 12.6. The fraction of sp³-hybridized carbons (Fsp3) is 0.261. The maximum Gasteiger partial charge on any atom is 0.260 e. The minimum atomic E-state index is -0.361. The lowest BCUT2D eigenvalue weighted by atomic mass is 10.2. The van der Waals surface area contributed by atoms with E-state index in [4.69, 9.17) is 15.2 Å². The summed E-state index contributed by atoms with van der Waals surface area (Å²) in [7, 11) is 3.27. The molecule has 2 aromatic carbocycles. The van der Waals surface area contributed by atoms with Crippen LogP contribution in [0.3, 0.4) is 0 Å². The van der Waals surface area contributed by atoms with Crippen molar-refractivity contribution in [3.05, 3.63) is 60.3 Å². The Hall–Kier alpha value is -4.01. The van der Waals surface area contributed by atoms with Gasteiger partial charge in [0.05, 0.1) is 19.9 Å². The van der Waals surface area contributed by atoms with E-state index in [-0.39, 0.29) is 17.3 Å². The molecule has 1 aliphatic rings. The molecule has 0 radical (unpaired) electrons. The number of para-hydroxylation sites is 2. The summed E-state index contributed by atoms with van der Waals surface area (Å²) in [5.41, 5.74) is 8.03. The number of aromatic nitrogens is 2. The first-order valence-corrected chi connectivity index (χ1v) is 10.3. The Morgan fingerprint density at radius 3 is 2.31 bits per heavy atom. The third-order valence-electron chi connectivity index (χ3n) is 5.39. The zero-order chi connectivity index (χ0) is 22.5. The zero-order valence-corrected chi connectivity index (χ0v) is 18.1. The second-order valence-electron chi connectivity index (χ2n) is 7.30. The van der Waals surface area contributed by atoms with Gasteiger partial charge in [-0.3, -0.25) is 4.79 Å². The molecule has 1 aliphatic heterocycles. The van der Waals surface area contributed by atoms with E-state index in [1.54, 1.807) is 38.5 Å². The van der Waals surface area contributed by atoms with Gasteiger partial charge in [0, 0.05) is 38.1 Å². The van der Waals surface area contributed by atoms with Crippen molar-refractivity contribution < 1.29 is 14.3 Å². The van der Waals surface area contributed by atoms with Crippen LogP contribution in [0.5, 0.6) is 11.5 Å². The number of hydrogen-bond donors (Lipinski definition) is 2. The van der Waals surface area contributed by atoms with E-state index in [0.29, 0.717) is 17.4 Å². The Bertz CT molecular complexity index is 1080. The first kappa shape index (κ1) is 21.2. The molecule has 0 saturated carbocycles. The molecule has 166 valence electrons. The number of anilines is 4. The second-order valence-corrected chi connectivity index (χ2v) is 7.30. The minimum Gasteiger partial charge on any atom is -0.497 e. The summed E-state index contributed by atoms with van der Waals surface area (Å²) in [4.78, 5) is 25.7. The van der Waals surface area contributed by atoms with Crippen molar-refractivity contribution in [1.82, 2.24) is 9.97 Å². The topological polar surface area (TPSA) is 106 Å². The van der Waals surface area contributed by atoms with Gasteiger partial charge in [-0.25, -0.2) is 4.98 Å². The van der Waals surface area contributed by atoms with Gasteiger partial charge < -0.3 is 30.3 Å². The molecule has 1 fully saturated rings. The van der Waals surface area contributed by atoms with Crippen molar-refractivity contribution >= 4 is 29.0 Å². The van der Waals surface area contributed by atoms with E-state index >= 15 is 0 Å². The number of ether oxygens (including phenoxy) is 2. The zero-order valence-electron chi connectivity index (χ0n) is 18.1. The van der Waals surface area contributed by atoms with Crippen molar-refractivity contribution in [2.24, 2.45) is 0 Å². The summed E-state index contributed by atoms with van der Waals surface area (Å²) in [6.07, 6.45) is 1.48. The highest BCUT2D eigenvalue weighted by molar-refractivity contribution is 6.07. The summed E-state index contributed by atoms with van der Waals surface area (Å²) >= 11 is 0. The molecule has 0 spiro atoms. The Balaban J connectivity index is 1.40. The van der Waals surface area contributed by atoms with Gasteiger partial charge in [-0.05, 0) is 36.4 Å². The number of hydrogen-bond acceptors (Lipinski definition) is 8. The van der Waals surface area contributed by atoms with Crippen LogP contribution in [-0.4, -0.2) is 56.3 Å². The molecule has 1 amide bonds. The molecule has 4 rings (SSSR count). The molecule has 0 aliphatic carbocycles. The first-order chi connectivity index (χ1) is 15.6.